The lowest BCUT2D eigenvalue weighted by molar-refractivity contribution is -0.137. The number of thioether (sulfide) groups is 1. The Bertz CT molecular complexity index is 424. The predicted octanol–water partition coefficient (Wildman–Crippen LogP) is 1.70. The van der Waals surface area contributed by atoms with E-state index in [-0.39, 0.29) is 16.5 Å². The molecule has 16 heavy (non-hydrogen) atoms. The molecule has 86 valence electrons. The van der Waals surface area contributed by atoms with Crippen molar-refractivity contribution in [1.29, 1.82) is 0 Å². The highest BCUT2D eigenvalue weighted by Gasteiger charge is 2.12. The fourth-order valence-corrected chi connectivity index (χ4v) is 1.74. The fourth-order valence-electron chi connectivity index (χ4n) is 0.846. The molecule has 0 unspecified atom stereocenters. The molecule has 0 aliphatic heterocycles. The maximum Gasteiger partial charge on any atom is 0.356 e. The van der Waals surface area contributed by atoms with Gasteiger partial charge in [-0.15, -0.1) is 0 Å². The zero-order valence-electron chi connectivity index (χ0n) is 8.27. The topological polar surface area (TPSA) is 76.5 Å². The summed E-state index contributed by atoms with van der Waals surface area (Å²) in [6.45, 7) is 0. The lowest BCUT2D eigenvalue weighted by atomic mass is 10.3. The van der Waals surface area contributed by atoms with Crippen molar-refractivity contribution in [3.63, 3.8) is 0 Å². The second-order valence-corrected chi connectivity index (χ2v) is 4.05. The van der Waals surface area contributed by atoms with E-state index >= 15 is 0 Å². The van der Waals surface area contributed by atoms with Gasteiger partial charge in [-0.2, -0.15) is 0 Å². The monoisotopic (exact) mass is 261 g/mol. The Morgan fingerprint density at radius 2 is 2.25 bits per heavy atom. The number of carboxylic acids is 1. The molecule has 0 saturated carbocycles. The molecule has 7 heteroatoms. The van der Waals surface area contributed by atoms with Crippen LogP contribution < -0.4 is 0 Å². The van der Waals surface area contributed by atoms with Gasteiger partial charge in [-0.1, -0.05) is 23.4 Å². The predicted molar refractivity (Wildman–Crippen MR) is 58.9 cm³/mol. The zero-order valence-corrected chi connectivity index (χ0v) is 9.84. The molecule has 1 rings (SSSR count). The summed E-state index contributed by atoms with van der Waals surface area (Å²) in [5.74, 6) is -1.53. The molecule has 0 saturated heterocycles. The smallest absolute Gasteiger partial charge is 0.356 e. The first kappa shape index (κ1) is 12.8. The number of aromatic carboxylic acids is 1. The van der Waals surface area contributed by atoms with Crippen LogP contribution in [0, 0.1) is 0 Å². The number of rotatable bonds is 4. The van der Waals surface area contributed by atoms with Gasteiger partial charge in [0.2, 0.25) is 0 Å². The van der Waals surface area contributed by atoms with Crippen molar-refractivity contribution in [3.8, 4) is 0 Å². The van der Waals surface area contributed by atoms with Crippen LogP contribution in [0.3, 0.4) is 0 Å². The van der Waals surface area contributed by atoms with Gasteiger partial charge >= 0.3 is 11.9 Å². The van der Waals surface area contributed by atoms with E-state index in [9.17, 15) is 9.59 Å². The van der Waals surface area contributed by atoms with Gasteiger partial charge in [0.1, 0.15) is 0 Å². The van der Waals surface area contributed by atoms with E-state index in [1.54, 1.807) is 6.07 Å². The van der Waals surface area contributed by atoms with Crippen LogP contribution >= 0.6 is 23.4 Å². The van der Waals surface area contributed by atoms with Crippen LogP contribution in [0.2, 0.25) is 5.02 Å². The summed E-state index contributed by atoms with van der Waals surface area (Å²) in [5, 5.41) is 9.24. The number of carbonyl (C=O) groups excluding carboxylic acids is 1. The third-order valence-electron chi connectivity index (χ3n) is 1.59. The minimum Gasteiger partial charge on any atom is -0.476 e. The van der Waals surface area contributed by atoms with Gasteiger partial charge in [0.25, 0.3) is 0 Å². The number of ether oxygens (including phenoxy) is 1. The molecule has 0 aliphatic rings. The maximum absolute atomic E-state index is 10.9. The molecule has 5 nitrogen and oxygen atoms in total. The summed E-state index contributed by atoms with van der Waals surface area (Å²) in [5.41, 5.74) is -0.225. The minimum absolute atomic E-state index is 0.0647. The molecule has 0 radical (unpaired) electrons. The Hall–Kier alpha value is -1.27. The van der Waals surface area contributed by atoms with E-state index in [0.29, 0.717) is 5.03 Å². The first-order chi connectivity index (χ1) is 7.54. The number of nitrogens with zero attached hydrogens (tertiary/aromatic N) is 1. The van der Waals surface area contributed by atoms with Gasteiger partial charge in [0.15, 0.2) is 5.69 Å². The molecule has 1 N–H and O–H groups in total. The van der Waals surface area contributed by atoms with Crippen LogP contribution in [-0.4, -0.2) is 34.9 Å². The Kier molecular flexibility index (Phi) is 4.57. The normalized spacial score (nSPS) is 9.88. The van der Waals surface area contributed by atoms with Gasteiger partial charge in [-0.3, -0.25) is 4.79 Å². The summed E-state index contributed by atoms with van der Waals surface area (Å²) in [4.78, 5) is 25.4. The van der Waals surface area contributed by atoms with Crippen molar-refractivity contribution in [2.75, 3.05) is 12.9 Å². The van der Waals surface area contributed by atoms with Crippen LogP contribution in [0.1, 0.15) is 10.5 Å². The SMILES string of the molecule is COC(=O)CSc1ccc(Cl)c(C(=O)O)n1. The first-order valence-electron chi connectivity index (χ1n) is 4.14. The molecule has 1 aromatic heterocycles. The number of aromatic nitrogens is 1. The van der Waals surface area contributed by atoms with Gasteiger partial charge in [-0.25, -0.2) is 9.78 Å². The minimum atomic E-state index is -1.20. The highest BCUT2D eigenvalue weighted by atomic mass is 35.5. The molecule has 0 fully saturated rings. The number of carboxylic acid groups (broad SMARTS) is 1. The van der Waals surface area contributed by atoms with E-state index in [1.807, 2.05) is 0 Å². The van der Waals surface area contributed by atoms with Crippen molar-refractivity contribution in [2.24, 2.45) is 0 Å². The zero-order chi connectivity index (χ0) is 12.1. The van der Waals surface area contributed by atoms with E-state index < -0.39 is 11.9 Å². The average molecular weight is 262 g/mol. The summed E-state index contributed by atoms with van der Waals surface area (Å²) < 4.78 is 4.44. The third-order valence-corrected chi connectivity index (χ3v) is 2.80. The third kappa shape index (κ3) is 3.39. The van der Waals surface area contributed by atoms with Crippen molar-refractivity contribution in [3.05, 3.63) is 22.8 Å². The molecule has 0 spiro atoms. The summed E-state index contributed by atoms with van der Waals surface area (Å²) in [6, 6.07) is 2.97. The van der Waals surface area contributed by atoms with Gasteiger partial charge < -0.3 is 9.84 Å². The van der Waals surface area contributed by atoms with Crippen LogP contribution in [0.4, 0.5) is 0 Å². The molecule has 1 heterocycles. The van der Waals surface area contributed by atoms with Gasteiger partial charge in [0, 0.05) is 0 Å². The second kappa shape index (κ2) is 5.72. The van der Waals surface area contributed by atoms with Gasteiger partial charge in [0.05, 0.1) is 22.9 Å². The Morgan fingerprint density at radius 3 is 2.81 bits per heavy atom. The van der Waals surface area contributed by atoms with Crippen molar-refractivity contribution in [2.45, 2.75) is 5.03 Å². The van der Waals surface area contributed by atoms with Crippen molar-refractivity contribution in [1.82, 2.24) is 4.98 Å². The molecule has 0 amide bonds. The van der Waals surface area contributed by atoms with Crippen LogP contribution in [0.5, 0.6) is 0 Å². The van der Waals surface area contributed by atoms with Crippen LogP contribution in [-0.2, 0) is 9.53 Å². The highest BCUT2D eigenvalue weighted by Crippen LogP contribution is 2.21. The number of hydrogen-bond donors (Lipinski definition) is 1. The van der Waals surface area contributed by atoms with E-state index in [2.05, 4.69) is 9.72 Å². The Labute approximate surface area is 101 Å². The average Bonchev–Trinajstić information content (AvgIpc) is 2.27. The van der Waals surface area contributed by atoms with E-state index in [0.717, 1.165) is 11.8 Å². The van der Waals surface area contributed by atoms with Crippen molar-refractivity contribution >= 4 is 35.3 Å². The standard InChI is InChI=1S/C9H8ClNO4S/c1-15-7(12)4-16-6-3-2-5(10)8(11-6)9(13)14/h2-3H,4H2,1H3,(H,13,14). The number of pyridine rings is 1. The maximum atomic E-state index is 10.9. The number of methoxy groups -OCH3 is 1. The Balaban J connectivity index is 2.79. The highest BCUT2D eigenvalue weighted by molar-refractivity contribution is 7.99. The summed E-state index contributed by atoms with van der Waals surface area (Å²) >= 11 is 6.72. The van der Waals surface area contributed by atoms with E-state index in [4.69, 9.17) is 16.7 Å². The largest absolute Gasteiger partial charge is 0.476 e. The fraction of sp³-hybridized carbons (Fsp3) is 0.222. The molecule has 1 aromatic rings. The number of hydrogen-bond acceptors (Lipinski definition) is 5. The van der Waals surface area contributed by atoms with Gasteiger partial charge in [-0.05, 0) is 12.1 Å². The number of carbonyl (C=O) groups is 2. The molecular formula is C9H8ClNO4S. The molecule has 0 aliphatic carbocycles. The summed E-state index contributed by atoms with van der Waals surface area (Å²) in [6.07, 6.45) is 0. The second-order valence-electron chi connectivity index (χ2n) is 2.65. The number of halogens is 1. The molecule has 0 aromatic carbocycles. The first-order valence-corrected chi connectivity index (χ1v) is 5.50. The van der Waals surface area contributed by atoms with Crippen LogP contribution in [0.15, 0.2) is 17.2 Å². The lowest BCUT2D eigenvalue weighted by Crippen LogP contribution is -2.05. The van der Waals surface area contributed by atoms with E-state index in [1.165, 1.54) is 13.2 Å². The lowest BCUT2D eigenvalue weighted by Gasteiger charge is -2.02. The number of esters is 1. The molecule has 0 bridgehead atoms. The summed E-state index contributed by atoms with van der Waals surface area (Å²) in [7, 11) is 1.28. The molecular weight excluding hydrogens is 254 g/mol. The Morgan fingerprint density at radius 1 is 1.56 bits per heavy atom. The van der Waals surface area contributed by atoms with Crippen LogP contribution in [0.25, 0.3) is 0 Å². The van der Waals surface area contributed by atoms with Crippen molar-refractivity contribution < 1.29 is 19.4 Å². The molecule has 0 atom stereocenters. The quantitative estimate of drug-likeness (QED) is 0.657.